The van der Waals surface area contributed by atoms with E-state index in [1.54, 1.807) is 12.1 Å². The number of methoxy groups -OCH3 is 1. The number of nitrogens with zero attached hydrogens (tertiary/aromatic N) is 2. The first-order valence-corrected chi connectivity index (χ1v) is 11.0. The maximum Gasteiger partial charge on any atom is 0.311 e. The van der Waals surface area contributed by atoms with Gasteiger partial charge in [0.05, 0.1) is 13.0 Å². The van der Waals surface area contributed by atoms with Gasteiger partial charge in [0, 0.05) is 37.3 Å². The highest BCUT2D eigenvalue weighted by molar-refractivity contribution is 5.80. The molecule has 0 saturated heterocycles. The minimum Gasteiger partial charge on any atom is -0.481 e. The minimum absolute atomic E-state index is 0.101. The molecule has 0 bridgehead atoms. The summed E-state index contributed by atoms with van der Waals surface area (Å²) in [4.78, 5) is 32.8. The average Bonchev–Trinajstić information content (AvgIpc) is 2.77. The van der Waals surface area contributed by atoms with Gasteiger partial charge < -0.3 is 15.2 Å². The molecule has 0 saturated carbocycles. The minimum atomic E-state index is -0.942. The number of Topliss-reactive ketones (excluding diaryl/α,β-unsaturated/α-hetero) is 1. The van der Waals surface area contributed by atoms with Gasteiger partial charge in [-0.25, -0.2) is 9.97 Å². The molecule has 0 fully saturated rings. The summed E-state index contributed by atoms with van der Waals surface area (Å²) in [5, 5.41) is 12.9. The van der Waals surface area contributed by atoms with Gasteiger partial charge >= 0.3 is 5.97 Å². The van der Waals surface area contributed by atoms with Crippen LogP contribution in [0.2, 0.25) is 0 Å². The molecule has 0 aliphatic carbocycles. The van der Waals surface area contributed by atoms with Crippen molar-refractivity contribution in [1.29, 1.82) is 0 Å². The summed E-state index contributed by atoms with van der Waals surface area (Å²) in [6.07, 6.45) is 7.25. The van der Waals surface area contributed by atoms with E-state index < -0.39 is 11.9 Å². The second-order valence-electron chi connectivity index (χ2n) is 8.10. The van der Waals surface area contributed by atoms with Gasteiger partial charge in [-0.05, 0) is 62.1 Å². The SMILES string of the molecule is COc1ccc([C@H](CCC(=O)CCCCc2nc3c(cc2C)CCCN3)C(=O)O)cn1. The Morgan fingerprint density at radius 1 is 1.26 bits per heavy atom. The van der Waals surface area contributed by atoms with Crippen molar-refractivity contribution in [2.45, 2.75) is 64.2 Å². The van der Waals surface area contributed by atoms with Crippen LogP contribution in [0.1, 0.15) is 66.8 Å². The molecule has 1 aliphatic heterocycles. The maximum atomic E-state index is 12.3. The summed E-state index contributed by atoms with van der Waals surface area (Å²) < 4.78 is 5.01. The summed E-state index contributed by atoms with van der Waals surface area (Å²) >= 11 is 0. The number of aliphatic carboxylic acids is 1. The quantitative estimate of drug-likeness (QED) is 0.523. The van der Waals surface area contributed by atoms with E-state index in [1.165, 1.54) is 24.4 Å². The topological polar surface area (TPSA) is 101 Å². The number of fused-ring (bicyclic) bond motifs is 1. The van der Waals surface area contributed by atoms with Crippen LogP contribution < -0.4 is 10.1 Å². The van der Waals surface area contributed by atoms with E-state index in [1.807, 2.05) is 0 Å². The molecule has 0 aromatic carbocycles. The number of ether oxygens (including phenoxy) is 1. The molecular weight excluding hydrogens is 394 g/mol. The van der Waals surface area contributed by atoms with Crippen LogP contribution in [0.15, 0.2) is 24.4 Å². The van der Waals surface area contributed by atoms with Crippen LogP contribution in [0, 0.1) is 6.92 Å². The third-order valence-electron chi connectivity index (χ3n) is 5.81. The third kappa shape index (κ3) is 6.26. The monoisotopic (exact) mass is 425 g/mol. The van der Waals surface area contributed by atoms with Crippen LogP contribution in [0.3, 0.4) is 0 Å². The number of carbonyl (C=O) groups excluding carboxylic acids is 1. The van der Waals surface area contributed by atoms with Gasteiger partial charge in [0.15, 0.2) is 0 Å². The number of rotatable bonds is 11. The Morgan fingerprint density at radius 2 is 2.10 bits per heavy atom. The molecule has 7 heteroatoms. The predicted octanol–water partition coefficient (Wildman–Crippen LogP) is 4.08. The lowest BCUT2D eigenvalue weighted by molar-refractivity contribution is -0.139. The molecule has 7 nitrogen and oxygen atoms in total. The Labute approximate surface area is 183 Å². The second-order valence-corrected chi connectivity index (χ2v) is 8.10. The molecule has 0 spiro atoms. The van der Waals surface area contributed by atoms with E-state index in [0.29, 0.717) is 17.9 Å². The molecule has 166 valence electrons. The summed E-state index contributed by atoms with van der Waals surface area (Å²) in [6.45, 7) is 3.07. The smallest absolute Gasteiger partial charge is 0.311 e. The number of carboxylic acids is 1. The highest BCUT2D eigenvalue weighted by Crippen LogP contribution is 2.25. The normalized spacial score (nSPS) is 13.7. The Kier molecular flexibility index (Phi) is 7.98. The number of hydrogen-bond donors (Lipinski definition) is 2. The van der Waals surface area contributed by atoms with Gasteiger partial charge in [0.25, 0.3) is 0 Å². The molecule has 3 heterocycles. The first-order chi connectivity index (χ1) is 15.0. The number of unbranched alkanes of at least 4 members (excludes halogenated alkanes) is 1. The van der Waals surface area contributed by atoms with Crippen LogP contribution in [0.4, 0.5) is 5.82 Å². The standard InChI is InChI=1S/C24H31N3O4/c1-16-14-17-6-5-13-25-23(17)27-21(16)8-4-3-7-19(28)10-11-20(24(29)30)18-9-12-22(31-2)26-15-18/h9,12,14-15,20H,3-8,10-11,13H2,1-2H3,(H,25,27)(H,29,30)/t20-/m0/s1. The highest BCUT2D eigenvalue weighted by Gasteiger charge is 2.21. The first-order valence-electron chi connectivity index (χ1n) is 11.0. The summed E-state index contributed by atoms with van der Waals surface area (Å²) in [5.74, 6) is -0.136. The maximum absolute atomic E-state index is 12.3. The Hall–Kier alpha value is -2.96. The van der Waals surface area contributed by atoms with Gasteiger partial charge in [-0.15, -0.1) is 0 Å². The molecular formula is C24H31N3O4. The Balaban J connectivity index is 1.44. The molecule has 0 amide bonds. The fraction of sp³-hybridized carbons (Fsp3) is 0.500. The summed E-state index contributed by atoms with van der Waals surface area (Å²) in [5.41, 5.74) is 4.19. The first kappa shape index (κ1) is 22.7. The number of ketones is 1. The molecule has 3 rings (SSSR count). The molecule has 2 N–H and O–H groups in total. The second kappa shape index (κ2) is 10.9. The van der Waals surface area contributed by atoms with E-state index >= 15 is 0 Å². The van der Waals surface area contributed by atoms with E-state index in [2.05, 4.69) is 23.3 Å². The zero-order valence-corrected chi connectivity index (χ0v) is 18.3. The summed E-state index contributed by atoms with van der Waals surface area (Å²) in [6, 6.07) is 5.56. The van der Waals surface area contributed by atoms with Crippen molar-refractivity contribution in [2.24, 2.45) is 0 Å². The van der Waals surface area contributed by atoms with Crippen molar-refractivity contribution in [3.05, 3.63) is 46.8 Å². The van der Waals surface area contributed by atoms with E-state index in [-0.39, 0.29) is 18.6 Å². The fourth-order valence-electron chi connectivity index (χ4n) is 3.99. The van der Waals surface area contributed by atoms with Gasteiger partial charge in [0.2, 0.25) is 5.88 Å². The van der Waals surface area contributed by atoms with E-state index in [4.69, 9.17) is 9.72 Å². The number of carboxylic acid groups (broad SMARTS) is 1. The lowest BCUT2D eigenvalue weighted by atomic mass is 9.93. The van der Waals surface area contributed by atoms with E-state index in [0.717, 1.165) is 50.2 Å². The Morgan fingerprint density at radius 3 is 2.81 bits per heavy atom. The molecule has 0 radical (unpaired) electrons. The van der Waals surface area contributed by atoms with Gasteiger partial charge in [-0.3, -0.25) is 9.59 Å². The van der Waals surface area contributed by atoms with Gasteiger partial charge in [0.1, 0.15) is 11.6 Å². The number of hydrogen-bond acceptors (Lipinski definition) is 6. The number of aromatic nitrogens is 2. The van der Waals surface area contributed by atoms with Crippen LogP contribution >= 0.6 is 0 Å². The molecule has 2 aromatic heterocycles. The van der Waals surface area contributed by atoms with Crippen molar-refractivity contribution >= 4 is 17.6 Å². The third-order valence-corrected chi connectivity index (χ3v) is 5.81. The lowest BCUT2D eigenvalue weighted by Crippen LogP contribution is -2.15. The van der Waals surface area contributed by atoms with Crippen molar-refractivity contribution in [1.82, 2.24) is 9.97 Å². The predicted molar refractivity (Wildman–Crippen MR) is 119 cm³/mol. The molecule has 2 aromatic rings. The lowest BCUT2D eigenvalue weighted by Gasteiger charge is -2.19. The molecule has 31 heavy (non-hydrogen) atoms. The van der Waals surface area contributed by atoms with Crippen molar-refractivity contribution in [3.63, 3.8) is 0 Å². The van der Waals surface area contributed by atoms with Crippen LogP contribution in [0.5, 0.6) is 5.88 Å². The van der Waals surface area contributed by atoms with Crippen molar-refractivity contribution in [2.75, 3.05) is 19.0 Å². The van der Waals surface area contributed by atoms with Crippen molar-refractivity contribution < 1.29 is 19.4 Å². The largest absolute Gasteiger partial charge is 0.481 e. The number of carbonyl (C=O) groups is 2. The van der Waals surface area contributed by atoms with Gasteiger partial charge in [-0.2, -0.15) is 0 Å². The fourth-order valence-corrected chi connectivity index (χ4v) is 3.99. The Bertz CT molecular complexity index is 912. The highest BCUT2D eigenvalue weighted by atomic mass is 16.5. The van der Waals surface area contributed by atoms with E-state index in [9.17, 15) is 14.7 Å². The molecule has 1 atom stereocenters. The zero-order chi connectivity index (χ0) is 22.2. The van der Waals surface area contributed by atoms with Crippen LogP contribution in [0.25, 0.3) is 0 Å². The number of nitrogens with one attached hydrogen (secondary N) is 1. The van der Waals surface area contributed by atoms with Crippen LogP contribution in [-0.4, -0.2) is 40.5 Å². The number of aryl methyl sites for hydroxylation is 3. The number of anilines is 1. The van der Waals surface area contributed by atoms with Crippen LogP contribution in [-0.2, 0) is 22.4 Å². The van der Waals surface area contributed by atoms with Crippen molar-refractivity contribution in [3.8, 4) is 5.88 Å². The van der Waals surface area contributed by atoms with Gasteiger partial charge in [-0.1, -0.05) is 12.1 Å². The molecule has 1 aliphatic rings. The summed E-state index contributed by atoms with van der Waals surface area (Å²) in [7, 11) is 1.51. The molecule has 0 unspecified atom stereocenters. The zero-order valence-electron chi connectivity index (χ0n) is 18.3. The average molecular weight is 426 g/mol. The number of pyridine rings is 2.